The molecule has 1 aliphatic heterocycles. The van der Waals surface area contributed by atoms with Crippen molar-refractivity contribution >= 4 is 23.0 Å². The molecule has 1 amide bonds. The van der Waals surface area contributed by atoms with Crippen LogP contribution in [0.1, 0.15) is 23.8 Å². The zero-order chi connectivity index (χ0) is 16.1. The first-order valence-corrected chi connectivity index (χ1v) is 8.52. The molecule has 3 rings (SSSR count). The molecule has 120 valence electrons. The second-order valence-corrected chi connectivity index (χ2v) is 6.67. The van der Waals surface area contributed by atoms with Gasteiger partial charge in [0.15, 0.2) is 0 Å². The van der Waals surface area contributed by atoms with E-state index in [1.54, 1.807) is 16.8 Å². The smallest absolute Gasteiger partial charge is 0.264 e. The Morgan fingerprint density at radius 3 is 3.00 bits per heavy atom. The molecule has 1 aromatic carbocycles. The fourth-order valence-electron chi connectivity index (χ4n) is 2.53. The minimum absolute atomic E-state index is 0.0460. The highest BCUT2D eigenvalue weighted by molar-refractivity contribution is 7.09. The molecule has 0 spiro atoms. The molecule has 5 nitrogen and oxygen atoms in total. The Hall–Kier alpha value is -2.21. The summed E-state index contributed by atoms with van der Waals surface area (Å²) in [7, 11) is 0. The number of rotatable bonds is 6. The van der Waals surface area contributed by atoms with E-state index in [9.17, 15) is 4.79 Å². The molecule has 0 saturated carbocycles. The molecule has 6 heteroatoms. The number of carbonyl (C=O) groups excluding carboxylic acids is 1. The molecule has 1 aromatic heterocycles. The highest BCUT2D eigenvalue weighted by atomic mass is 32.1. The van der Waals surface area contributed by atoms with Crippen LogP contribution < -0.4 is 5.32 Å². The van der Waals surface area contributed by atoms with E-state index in [1.807, 2.05) is 43.5 Å². The fraction of sp³-hybridized carbons (Fsp3) is 0.353. The van der Waals surface area contributed by atoms with E-state index < -0.39 is 6.10 Å². The predicted octanol–water partition coefficient (Wildman–Crippen LogP) is 2.58. The summed E-state index contributed by atoms with van der Waals surface area (Å²) in [5.41, 5.74) is 3.88. The number of hydrogen-bond acceptors (Lipinski definition) is 5. The van der Waals surface area contributed by atoms with Gasteiger partial charge in [-0.3, -0.25) is 9.78 Å². The molecule has 2 unspecified atom stereocenters. The van der Waals surface area contributed by atoms with Crippen molar-refractivity contribution in [2.45, 2.75) is 38.3 Å². The molecule has 0 aliphatic carbocycles. The van der Waals surface area contributed by atoms with Crippen molar-refractivity contribution in [2.24, 2.45) is 5.16 Å². The Morgan fingerprint density at radius 2 is 2.26 bits per heavy atom. The minimum Gasteiger partial charge on any atom is -0.382 e. The average molecular weight is 329 g/mol. The lowest BCUT2D eigenvalue weighted by atomic mass is 10.0. The topological polar surface area (TPSA) is 63.6 Å². The quantitative estimate of drug-likeness (QED) is 0.886. The molecule has 0 radical (unpaired) electrons. The third-order valence-corrected chi connectivity index (χ3v) is 4.45. The van der Waals surface area contributed by atoms with Crippen molar-refractivity contribution in [2.75, 3.05) is 0 Å². The number of oxime groups is 1. The van der Waals surface area contributed by atoms with Crippen LogP contribution in [0.3, 0.4) is 0 Å². The summed E-state index contributed by atoms with van der Waals surface area (Å²) in [5, 5.41) is 7.05. The molecule has 2 aromatic rings. The first kappa shape index (κ1) is 15.7. The molecular formula is C17H19N3O2S. The third-order valence-electron chi connectivity index (χ3n) is 3.65. The van der Waals surface area contributed by atoms with Gasteiger partial charge in [-0.1, -0.05) is 35.5 Å². The molecule has 1 N–H and O–H groups in total. The number of nitrogens with one attached hydrogen (secondary N) is 1. The maximum atomic E-state index is 12.3. The van der Waals surface area contributed by atoms with E-state index in [0.29, 0.717) is 6.42 Å². The summed E-state index contributed by atoms with van der Waals surface area (Å²) in [5.74, 6) is -0.103. The van der Waals surface area contributed by atoms with Crippen LogP contribution in [0, 0.1) is 0 Å². The Labute approximate surface area is 139 Å². The van der Waals surface area contributed by atoms with Crippen LogP contribution in [0.2, 0.25) is 0 Å². The maximum Gasteiger partial charge on any atom is 0.264 e. The van der Waals surface area contributed by atoms with Crippen molar-refractivity contribution in [3.63, 3.8) is 0 Å². The number of benzene rings is 1. The van der Waals surface area contributed by atoms with E-state index in [-0.39, 0.29) is 11.9 Å². The summed E-state index contributed by atoms with van der Waals surface area (Å²) in [6, 6.07) is 10.1. The van der Waals surface area contributed by atoms with Crippen molar-refractivity contribution in [3.05, 3.63) is 52.5 Å². The zero-order valence-corrected chi connectivity index (χ0v) is 13.8. The van der Waals surface area contributed by atoms with Gasteiger partial charge in [0.05, 0.1) is 11.2 Å². The summed E-state index contributed by atoms with van der Waals surface area (Å²) in [4.78, 5) is 22.8. The number of thiazole rings is 1. The minimum atomic E-state index is -0.516. The van der Waals surface area contributed by atoms with Crippen LogP contribution in [0.5, 0.6) is 0 Å². The van der Waals surface area contributed by atoms with Gasteiger partial charge in [0.2, 0.25) is 6.10 Å². The van der Waals surface area contributed by atoms with Crippen molar-refractivity contribution in [1.29, 1.82) is 0 Å². The number of nitrogens with zero attached hydrogens (tertiary/aromatic N) is 2. The van der Waals surface area contributed by atoms with Crippen LogP contribution in [0.15, 0.2) is 47.2 Å². The second-order valence-electron chi connectivity index (χ2n) is 5.70. The maximum absolute atomic E-state index is 12.3. The van der Waals surface area contributed by atoms with Crippen LogP contribution in [0.25, 0.3) is 0 Å². The lowest BCUT2D eigenvalue weighted by molar-refractivity contribution is -0.131. The summed E-state index contributed by atoms with van der Waals surface area (Å²) >= 11 is 1.60. The molecule has 0 bridgehead atoms. The first-order chi connectivity index (χ1) is 11.2. The van der Waals surface area contributed by atoms with Crippen LogP contribution in [-0.2, 0) is 22.5 Å². The lowest BCUT2D eigenvalue weighted by Gasteiger charge is -2.15. The zero-order valence-electron chi connectivity index (χ0n) is 12.9. The molecule has 2 atom stereocenters. The molecule has 0 saturated heterocycles. The number of hydrogen-bond donors (Lipinski definition) is 1. The van der Waals surface area contributed by atoms with Crippen molar-refractivity contribution in [3.8, 4) is 0 Å². The van der Waals surface area contributed by atoms with E-state index >= 15 is 0 Å². The van der Waals surface area contributed by atoms with Gasteiger partial charge in [-0.25, -0.2) is 0 Å². The van der Waals surface area contributed by atoms with Crippen LogP contribution >= 0.6 is 11.3 Å². The Kier molecular flexibility index (Phi) is 5.02. The Morgan fingerprint density at radius 1 is 1.43 bits per heavy atom. The summed E-state index contributed by atoms with van der Waals surface area (Å²) in [6.45, 7) is 1.98. The van der Waals surface area contributed by atoms with Crippen molar-refractivity contribution < 1.29 is 9.63 Å². The van der Waals surface area contributed by atoms with Gasteiger partial charge in [-0.05, 0) is 12.5 Å². The van der Waals surface area contributed by atoms with Crippen LogP contribution in [0.4, 0.5) is 0 Å². The summed E-state index contributed by atoms with van der Waals surface area (Å²) in [6.07, 6.45) is 3.37. The highest BCUT2D eigenvalue weighted by Gasteiger charge is 2.28. The van der Waals surface area contributed by atoms with Gasteiger partial charge < -0.3 is 10.2 Å². The standard InChI is InChI=1S/C17H19N3O2S/c1-12(7-15-10-18-11-23-15)19-17(21)16-9-14(20-22-16)8-13-5-3-2-4-6-13/h2-6,10-12,16H,7-9H2,1H3,(H,19,21). The van der Waals surface area contributed by atoms with Gasteiger partial charge in [0, 0.05) is 36.4 Å². The largest absolute Gasteiger partial charge is 0.382 e. The van der Waals surface area contributed by atoms with Gasteiger partial charge >= 0.3 is 0 Å². The van der Waals surface area contributed by atoms with Gasteiger partial charge in [-0.15, -0.1) is 11.3 Å². The van der Waals surface area contributed by atoms with Gasteiger partial charge in [0.1, 0.15) is 0 Å². The Balaban J connectivity index is 1.46. The normalized spacial score (nSPS) is 18.1. The highest BCUT2D eigenvalue weighted by Crippen LogP contribution is 2.15. The van der Waals surface area contributed by atoms with Gasteiger partial charge in [0.25, 0.3) is 5.91 Å². The van der Waals surface area contributed by atoms with Crippen LogP contribution in [-0.4, -0.2) is 28.7 Å². The van der Waals surface area contributed by atoms with E-state index in [1.165, 1.54) is 5.56 Å². The second kappa shape index (κ2) is 7.37. The van der Waals surface area contributed by atoms with Gasteiger partial charge in [-0.2, -0.15) is 0 Å². The third kappa shape index (κ3) is 4.39. The molecule has 2 heterocycles. The first-order valence-electron chi connectivity index (χ1n) is 7.64. The Bertz CT molecular complexity index is 670. The predicted molar refractivity (Wildman–Crippen MR) is 90.5 cm³/mol. The van der Waals surface area contributed by atoms with E-state index in [4.69, 9.17) is 4.84 Å². The SMILES string of the molecule is CC(Cc1cncs1)NC(=O)C1CC(Cc2ccccc2)=NO1. The monoisotopic (exact) mass is 329 g/mol. The molecule has 0 fully saturated rings. The van der Waals surface area contributed by atoms with E-state index in [2.05, 4.69) is 15.5 Å². The number of amides is 1. The fourth-order valence-corrected chi connectivity index (χ4v) is 3.26. The molecule has 1 aliphatic rings. The summed E-state index contributed by atoms with van der Waals surface area (Å²) < 4.78 is 0. The average Bonchev–Trinajstić information content (AvgIpc) is 3.20. The van der Waals surface area contributed by atoms with E-state index in [0.717, 1.165) is 23.4 Å². The lowest BCUT2D eigenvalue weighted by Crippen LogP contribution is -2.41. The number of carbonyl (C=O) groups is 1. The molecule has 23 heavy (non-hydrogen) atoms. The van der Waals surface area contributed by atoms with Crippen molar-refractivity contribution in [1.82, 2.24) is 10.3 Å². The molecular weight excluding hydrogens is 310 g/mol. The number of aromatic nitrogens is 1.